The molecular weight excluding hydrogens is 262 g/mol. The number of ether oxygens (including phenoxy) is 1. The Bertz CT molecular complexity index is 511. The van der Waals surface area contributed by atoms with Crippen LogP contribution in [0.2, 0.25) is 0 Å². The van der Waals surface area contributed by atoms with E-state index < -0.39 is 0 Å². The van der Waals surface area contributed by atoms with Crippen LogP contribution < -0.4 is 10.6 Å². The van der Waals surface area contributed by atoms with Crippen LogP contribution in [0.15, 0.2) is 35.8 Å². The maximum Gasteiger partial charge on any atom is 0.319 e. The van der Waals surface area contributed by atoms with Gasteiger partial charge in [-0.1, -0.05) is 0 Å². The molecule has 0 saturated heterocycles. The molecule has 2 aromatic rings. The van der Waals surface area contributed by atoms with Gasteiger partial charge in [0.25, 0.3) is 0 Å². The first-order valence-electron chi connectivity index (χ1n) is 5.83. The van der Waals surface area contributed by atoms with Crippen molar-refractivity contribution in [3.05, 3.63) is 35.8 Å². The molecule has 0 bridgehead atoms. The number of hydrogen-bond donors (Lipinski definition) is 2. The predicted molar refractivity (Wildman–Crippen MR) is 76.4 cm³/mol. The van der Waals surface area contributed by atoms with Crippen molar-refractivity contribution in [2.24, 2.45) is 0 Å². The standard InChI is InChI=1S/C13H15N3O2S/c1-18-8-6-15-13(17)16-11-4-2-10(3-5-11)12-14-7-9-19-12/h2-5,7,9H,6,8H2,1H3,(H2,15,16,17). The van der Waals surface area contributed by atoms with Crippen molar-refractivity contribution in [1.29, 1.82) is 0 Å². The molecule has 0 atom stereocenters. The highest BCUT2D eigenvalue weighted by atomic mass is 32.1. The number of nitrogens with zero attached hydrogens (tertiary/aromatic N) is 1. The highest BCUT2D eigenvalue weighted by Gasteiger charge is 2.03. The van der Waals surface area contributed by atoms with Gasteiger partial charge in [-0.2, -0.15) is 0 Å². The second kappa shape index (κ2) is 6.86. The average Bonchev–Trinajstić information content (AvgIpc) is 2.94. The highest BCUT2D eigenvalue weighted by Crippen LogP contribution is 2.23. The minimum atomic E-state index is -0.237. The summed E-state index contributed by atoms with van der Waals surface area (Å²) in [4.78, 5) is 15.7. The van der Waals surface area contributed by atoms with Crippen LogP contribution in [-0.4, -0.2) is 31.3 Å². The normalized spacial score (nSPS) is 10.2. The molecule has 1 heterocycles. The number of benzene rings is 1. The number of hydrogen-bond acceptors (Lipinski definition) is 4. The first-order chi connectivity index (χ1) is 9.29. The van der Waals surface area contributed by atoms with Gasteiger partial charge in [-0.3, -0.25) is 0 Å². The first kappa shape index (κ1) is 13.5. The van der Waals surface area contributed by atoms with E-state index in [1.54, 1.807) is 24.6 Å². The molecule has 0 saturated carbocycles. The Hall–Kier alpha value is -1.92. The maximum absolute atomic E-state index is 11.5. The Morgan fingerprint density at radius 1 is 1.37 bits per heavy atom. The van der Waals surface area contributed by atoms with Gasteiger partial charge in [0.2, 0.25) is 0 Å². The summed E-state index contributed by atoms with van der Waals surface area (Å²) >= 11 is 1.58. The number of thiazole rings is 1. The molecule has 0 fully saturated rings. The van der Waals surface area contributed by atoms with Gasteiger partial charge >= 0.3 is 6.03 Å². The van der Waals surface area contributed by atoms with E-state index in [-0.39, 0.29) is 6.03 Å². The Kier molecular flexibility index (Phi) is 4.88. The third kappa shape index (κ3) is 4.04. The highest BCUT2D eigenvalue weighted by molar-refractivity contribution is 7.13. The molecule has 0 spiro atoms. The number of amides is 2. The number of anilines is 1. The van der Waals surface area contributed by atoms with Gasteiger partial charge in [-0.05, 0) is 24.3 Å². The van der Waals surface area contributed by atoms with E-state index in [4.69, 9.17) is 4.74 Å². The minimum Gasteiger partial charge on any atom is -0.383 e. The molecule has 2 rings (SSSR count). The average molecular weight is 277 g/mol. The lowest BCUT2D eigenvalue weighted by Gasteiger charge is -2.07. The van der Waals surface area contributed by atoms with Gasteiger partial charge in [0.1, 0.15) is 5.01 Å². The van der Waals surface area contributed by atoms with Crippen LogP contribution in [0, 0.1) is 0 Å². The van der Waals surface area contributed by atoms with Crippen LogP contribution in [0.1, 0.15) is 0 Å². The molecule has 0 radical (unpaired) electrons. The van der Waals surface area contributed by atoms with Crippen molar-refractivity contribution in [2.45, 2.75) is 0 Å². The molecule has 2 amide bonds. The van der Waals surface area contributed by atoms with E-state index in [0.29, 0.717) is 13.2 Å². The van der Waals surface area contributed by atoms with Gasteiger partial charge < -0.3 is 15.4 Å². The number of nitrogens with one attached hydrogen (secondary N) is 2. The molecule has 0 unspecified atom stereocenters. The largest absolute Gasteiger partial charge is 0.383 e. The van der Waals surface area contributed by atoms with Crippen LogP contribution in [0.4, 0.5) is 10.5 Å². The molecule has 6 heteroatoms. The van der Waals surface area contributed by atoms with E-state index in [1.807, 2.05) is 29.6 Å². The minimum absolute atomic E-state index is 0.237. The maximum atomic E-state index is 11.5. The Balaban J connectivity index is 1.90. The SMILES string of the molecule is COCCNC(=O)Nc1ccc(-c2nccs2)cc1. The van der Waals surface area contributed by atoms with Crippen molar-refractivity contribution >= 4 is 23.1 Å². The van der Waals surface area contributed by atoms with Gasteiger partial charge in [0, 0.05) is 36.5 Å². The van der Waals surface area contributed by atoms with Gasteiger partial charge in [0.05, 0.1) is 6.61 Å². The van der Waals surface area contributed by atoms with Crippen LogP contribution >= 0.6 is 11.3 Å². The predicted octanol–water partition coefficient (Wildman–Crippen LogP) is 2.58. The second-order valence-electron chi connectivity index (χ2n) is 3.79. The molecule has 19 heavy (non-hydrogen) atoms. The molecule has 1 aromatic heterocycles. The van der Waals surface area contributed by atoms with E-state index in [1.165, 1.54) is 0 Å². The van der Waals surface area contributed by atoms with Crippen LogP contribution in [0.3, 0.4) is 0 Å². The summed E-state index contributed by atoms with van der Waals surface area (Å²) in [7, 11) is 1.59. The second-order valence-corrected chi connectivity index (χ2v) is 4.68. The zero-order chi connectivity index (χ0) is 13.5. The number of methoxy groups -OCH3 is 1. The van der Waals surface area contributed by atoms with Crippen LogP contribution in [-0.2, 0) is 4.74 Å². The smallest absolute Gasteiger partial charge is 0.319 e. The summed E-state index contributed by atoms with van der Waals surface area (Å²) in [6.45, 7) is 0.982. The molecule has 5 nitrogen and oxygen atoms in total. The molecule has 100 valence electrons. The van der Waals surface area contributed by atoms with Gasteiger partial charge in [-0.25, -0.2) is 9.78 Å². The summed E-state index contributed by atoms with van der Waals surface area (Å²) in [5.41, 5.74) is 1.79. The number of carbonyl (C=O) groups excluding carboxylic acids is 1. The van der Waals surface area contributed by atoms with Crippen molar-refractivity contribution in [1.82, 2.24) is 10.3 Å². The number of rotatable bonds is 5. The lowest BCUT2D eigenvalue weighted by molar-refractivity contribution is 0.198. The third-order valence-corrected chi connectivity index (χ3v) is 3.24. The molecule has 1 aromatic carbocycles. The Morgan fingerprint density at radius 2 is 2.16 bits per heavy atom. The number of aromatic nitrogens is 1. The fourth-order valence-electron chi connectivity index (χ4n) is 1.50. The van der Waals surface area contributed by atoms with Gasteiger partial charge in [0.15, 0.2) is 0 Å². The number of urea groups is 1. The fourth-order valence-corrected chi connectivity index (χ4v) is 2.15. The summed E-state index contributed by atoms with van der Waals surface area (Å²) in [5, 5.41) is 8.34. The molecule has 2 N–H and O–H groups in total. The van der Waals surface area contributed by atoms with E-state index >= 15 is 0 Å². The van der Waals surface area contributed by atoms with Crippen molar-refractivity contribution in [2.75, 3.05) is 25.6 Å². The van der Waals surface area contributed by atoms with Crippen molar-refractivity contribution in [3.8, 4) is 10.6 Å². The zero-order valence-electron chi connectivity index (χ0n) is 10.6. The van der Waals surface area contributed by atoms with Crippen LogP contribution in [0.25, 0.3) is 10.6 Å². The topological polar surface area (TPSA) is 63.2 Å². The molecule has 0 aliphatic heterocycles. The Morgan fingerprint density at radius 3 is 2.79 bits per heavy atom. The molecule has 0 aliphatic rings. The van der Waals surface area contributed by atoms with Crippen molar-refractivity contribution < 1.29 is 9.53 Å². The molecular formula is C13H15N3O2S. The van der Waals surface area contributed by atoms with E-state index in [2.05, 4.69) is 15.6 Å². The van der Waals surface area contributed by atoms with E-state index in [0.717, 1.165) is 16.3 Å². The quantitative estimate of drug-likeness (QED) is 0.826. The summed E-state index contributed by atoms with van der Waals surface area (Å²) in [6.07, 6.45) is 1.77. The van der Waals surface area contributed by atoms with E-state index in [9.17, 15) is 4.79 Å². The lowest BCUT2D eigenvalue weighted by Crippen LogP contribution is -2.31. The lowest BCUT2D eigenvalue weighted by atomic mass is 10.2. The summed E-state index contributed by atoms with van der Waals surface area (Å²) in [5.74, 6) is 0. The van der Waals surface area contributed by atoms with Crippen molar-refractivity contribution in [3.63, 3.8) is 0 Å². The number of carbonyl (C=O) groups is 1. The fraction of sp³-hybridized carbons (Fsp3) is 0.231. The molecule has 0 aliphatic carbocycles. The van der Waals surface area contributed by atoms with Gasteiger partial charge in [-0.15, -0.1) is 11.3 Å². The van der Waals surface area contributed by atoms with Crippen LogP contribution in [0.5, 0.6) is 0 Å². The summed E-state index contributed by atoms with van der Waals surface area (Å²) in [6, 6.07) is 7.34. The Labute approximate surface area is 115 Å². The monoisotopic (exact) mass is 277 g/mol. The third-order valence-electron chi connectivity index (χ3n) is 2.41. The zero-order valence-corrected chi connectivity index (χ0v) is 11.4. The first-order valence-corrected chi connectivity index (χ1v) is 6.71. The summed E-state index contributed by atoms with van der Waals surface area (Å²) < 4.78 is 4.85.